The average Bonchev–Trinajstić information content (AvgIpc) is 2.84. The SMILES string of the molecule is CC12c3ccccc3C(c3ccccc31)C1C(=O)OC(=O)C12. The Morgan fingerprint density at radius 3 is 2.00 bits per heavy atom. The standard InChI is InChI=1S/C19H14O3/c1-19-12-8-4-2-6-10(12)14(11-7-3-5-9-13(11)19)15-16(19)18(21)22-17(15)20/h2-9,14-16H,1H3. The fourth-order valence-corrected chi connectivity index (χ4v) is 4.95. The first-order valence-electron chi connectivity index (χ1n) is 7.58. The summed E-state index contributed by atoms with van der Waals surface area (Å²) in [7, 11) is 0. The van der Waals surface area contributed by atoms with Gasteiger partial charge in [0.05, 0.1) is 11.8 Å². The van der Waals surface area contributed by atoms with Crippen molar-refractivity contribution in [2.45, 2.75) is 18.3 Å². The summed E-state index contributed by atoms with van der Waals surface area (Å²) < 4.78 is 5.04. The van der Waals surface area contributed by atoms with Crippen molar-refractivity contribution in [2.24, 2.45) is 11.8 Å². The van der Waals surface area contributed by atoms with E-state index in [2.05, 4.69) is 31.2 Å². The molecule has 0 radical (unpaired) electrons. The monoisotopic (exact) mass is 290 g/mol. The second kappa shape index (κ2) is 3.67. The highest BCUT2D eigenvalue weighted by Gasteiger charge is 2.65. The van der Waals surface area contributed by atoms with E-state index in [1.165, 1.54) is 0 Å². The molecule has 0 N–H and O–H groups in total. The minimum Gasteiger partial charge on any atom is -0.393 e. The van der Waals surface area contributed by atoms with Crippen LogP contribution in [0, 0.1) is 11.8 Å². The molecule has 1 heterocycles. The molecule has 0 amide bonds. The zero-order chi connectivity index (χ0) is 15.1. The Morgan fingerprint density at radius 2 is 1.41 bits per heavy atom. The van der Waals surface area contributed by atoms with E-state index in [4.69, 9.17) is 4.74 Å². The van der Waals surface area contributed by atoms with Crippen LogP contribution in [0.1, 0.15) is 35.1 Å². The van der Waals surface area contributed by atoms with E-state index in [9.17, 15) is 9.59 Å². The minimum atomic E-state index is -0.490. The van der Waals surface area contributed by atoms with E-state index in [0.717, 1.165) is 22.3 Å². The predicted octanol–water partition coefficient (Wildman–Crippen LogP) is 2.77. The Bertz CT molecular complexity index is 804. The van der Waals surface area contributed by atoms with Crippen molar-refractivity contribution in [3.63, 3.8) is 0 Å². The van der Waals surface area contributed by atoms with Crippen molar-refractivity contribution in [3.8, 4) is 0 Å². The lowest BCUT2D eigenvalue weighted by Crippen LogP contribution is -2.51. The first kappa shape index (κ1) is 12.2. The van der Waals surface area contributed by atoms with Gasteiger partial charge in [-0.15, -0.1) is 0 Å². The lowest BCUT2D eigenvalue weighted by atomic mass is 9.48. The van der Waals surface area contributed by atoms with E-state index < -0.39 is 11.3 Å². The highest BCUT2D eigenvalue weighted by Crippen LogP contribution is 2.63. The maximum Gasteiger partial charge on any atom is 0.318 e. The Labute approximate surface area is 127 Å². The van der Waals surface area contributed by atoms with Gasteiger partial charge in [0.15, 0.2) is 0 Å². The van der Waals surface area contributed by atoms with E-state index in [-0.39, 0.29) is 23.8 Å². The second-order valence-corrected chi connectivity index (χ2v) is 6.60. The van der Waals surface area contributed by atoms with E-state index in [1.54, 1.807) is 0 Å². The Kier molecular flexibility index (Phi) is 2.03. The summed E-state index contributed by atoms with van der Waals surface area (Å²) in [4.78, 5) is 24.7. The maximum atomic E-state index is 12.4. The Balaban J connectivity index is 1.94. The summed E-state index contributed by atoms with van der Waals surface area (Å²) in [5, 5.41) is 0. The summed E-state index contributed by atoms with van der Waals surface area (Å²) in [6, 6.07) is 16.4. The van der Waals surface area contributed by atoms with Gasteiger partial charge in [-0.25, -0.2) is 0 Å². The average molecular weight is 290 g/mol. The summed E-state index contributed by atoms with van der Waals surface area (Å²) in [5.74, 6) is -1.60. The minimum absolute atomic E-state index is 0.0711. The van der Waals surface area contributed by atoms with Gasteiger partial charge in [-0.2, -0.15) is 0 Å². The molecule has 108 valence electrons. The molecule has 2 aromatic rings. The van der Waals surface area contributed by atoms with Gasteiger partial charge < -0.3 is 4.74 Å². The zero-order valence-electron chi connectivity index (χ0n) is 12.1. The molecule has 6 rings (SSSR count). The highest BCUT2D eigenvalue weighted by atomic mass is 16.6. The quantitative estimate of drug-likeness (QED) is 0.553. The molecule has 2 aromatic carbocycles. The third-order valence-electron chi connectivity index (χ3n) is 5.78. The Morgan fingerprint density at radius 1 is 0.864 bits per heavy atom. The molecule has 0 aromatic heterocycles. The van der Waals surface area contributed by atoms with Gasteiger partial charge in [-0.1, -0.05) is 55.5 Å². The molecule has 0 spiro atoms. The fraction of sp³-hybridized carbons (Fsp3) is 0.263. The first-order chi connectivity index (χ1) is 10.6. The van der Waals surface area contributed by atoms with E-state index >= 15 is 0 Å². The van der Waals surface area contributed by atoms with Crippen LogP contribution in [-0.2, 0) is 19.7 Å². The highest BCUT2D eigenvalue weighted by molar-refractivity contribution is 6.00. The van der Waals surface area contributed by atoms with Crippen molar-refractivity contribution in [2.75, 3.05) is 0 Å². The van der Waals surface area contributed by atoms with Crippen molar-refractivity contribution in [3.05, 3.63) is 70.8 Å². The van der Waals surface area contributed by atoms with Crippen LogP contribution < -0.4 is 0 Å². The maximum absolute atomic E-state index is 12.4. The fourth-order valence-electron chi connectivity index (χ4n) is 4.95. The number of carbonyl (C=O) groups excluding carboxylic acids is 2. The van der Waals surface area contributed by atoms with Crippen LogP contribution >= 0.6 is 0 Å². The van der Waals surface area contributed by atoms with Gasteiger partial charge in [0.2, 0.25) is 0 Å². The number of hydrogen-bond acceptors (Lipinski definition) is 3. The van der Waals surface area contributed by atoms with Crippen LogP contribution in [0.3, 0.4) is 0 Å². The molecule has 1 fully saturated rings. The molecule has 2 atom stereocenters. The van der Waals surface area contributed by atoms with Crippen LogP contribution in [0.2, 0.25) is 0 Å². The lowest BCUT2D eigenvalue weighted by Gasteiger charge is -2.51. The van der Waals surface area contributed by atoms with Crippen LogP contribution in [0.15, 0.2) is 48.5 Å². The number of ether oxygens (including phenoxy) is 1. The van der Waals surface area contributed by atoms with Crippen molar-refractivity contribution in [1.82, 2.24) is 0 Å². The molecule has 3 aliphatic carbocycles. The summed E-state index contributed by atoms with van der Waals surface area (Å²) in [5.41, 5.74) is 4.15. The Hall–Kier alpha value is -2.42. The number of hydrogen-bond donors (Lipinski definition) is 0. The van der Waals surface area contributed by atoms with Crippen molar-refractivity contribution < 1.29 is 14.3 Å². The van der Waals surface area contributed by atoms with Crippen molar-refractivity contribution >= 4 is 11.9 Å². The van der Waals surface area contributed by atoms with Gasteiger partial charge >= 0.3 is 11.9 Å². The molecule has 1 aliphatic heterocycles. The van der Waals surface area contributed by atoms with Gasteiger partial charge in [-0.3, -0.25) is 9.59 Å². The summed E-state index contributed by atoms with van der Waals surface area (Å²) in [6.45, 7) is 2.08. The smallest absolute Gasteiger partial charge is 0.318 e. The van der Waals surface area contributed by atoms with Crippen LogP contribution in [-0.4, -0.2) is 11.9 Å². The number of esters is 2. The summed E-state index contributed by atoms with van der Waals surface area (Å²) in [6.07, 6.45) is 0. The van der Waals surface area contributed by atoms with Gasteiger partial charge in [0.1, 0.15) is 0 Å². The first-order valence-corrected chi connectivity index (χ1v) is 7.58. The van der Waals surface area contributed by atoms with Gasteiger partial charge in [-0.05, 0) is 22.3 Å². The third kappa shape index (κ3) is 1.12. The van der Waals surface area contributed by atoms with Crippen LogP contribution in [0.4, 0.5) is 0 Å². The number of rotatable bonds is 0. The predicted molar refractivity (Wildman–Crippen MR) is 79.3 cm³/mol. The van der Waals surface area contributed by atoms with Crippen LogP contribution in [0.25, 0.3) is 0 Å². The number of cyclic esters (lactones) is 2. The molecule has 4 aliphatic rings. The molecule has 0 saturated carbocycles. The lowest BCUT2D eigenvalue weighted by molar-refractivity contribution is -0.154. The van der Waals surface area contributed by atoms with Gasteiger partial charge in [0, 0.05) is 11.3 Å². The molecule has 22 heavy (non-hydrogen) atoms. The topological polar surface area (TPSA) is 43.4 Å². The van der Waals surface area contributed by atoms with Gasteiger partial charge in [0.25, 0.3) is 0 Å². The molecular weight excluding hydrogens is 276 g/mol. The largest absolute Gasteiger partial charge is 0.393 e. The third-order valence-corrected chi connectivity index (χ3v) is 5.78. The summed E-state index contributed by atoms with van der Waals surface area (Å²) >= 11 is 0. The molecule has 3 nitrogen and oxygen atoms in total. The number of benzene rings is 2. The molecular formula is C19H14O3. The zero-order valence-corrected chi connectivity index (χ0v) is 12.1. The van der Waals surface area contributed by atoms with Crippen molar-refractivity contribution in [1.29, 1.82) is 0 Å². The molecule has 1 saturated heterocycles. The van der Waals surface area contributed by atoms with Crippen LogP contribution in [0.5, 0.6) is 0 Å². The second-order valence-electron chi connectivity index (χ2n) is 6.60. The molecule has 3 heteroatoms. The molecule has 2 bridgehead atoms. The van der Waals surface area contributed by atoms with E-state index in [1.807, 2.05) is 24.3 Å². The normalized spacial score (nSPS) is 34.0. The number of carbonyl (C=O) groups is 2. The van der Waals surface area contributed by atoms with E-state index in [0.29, 0.717) is 0 Å². The molecule has 2 unspecified atom stereocenters.